The Morgan fingerprint density at radius 1 is 0.841 bits per heavy atom. The summed E-state index contributed by atoms with van der Waals surface area (Å²) >= 11 is 0. The van der Waals surface area contributed by atoms with Gasteiger partial charge in [-0.15, -0.1) is 53.2 Å². The quantitative estimate of drug-likeness (QED) is 0.132. The van der Waals surface area contributed by atoms with Crippen molar-refractivity contribution in [2.45, 2.75) is 58.2 Å². The molecule has 3 unspecified atom stereocenters. The number of fused-ring (bicyclic) bond motifs is 5. The van der Waals surface area contributed by atoms with E-state index in [1.165, 1.54) is 52.8 Å². The molecule has 3 aromatic heterocycles. The van der Waals surface area contributed by atoms with Gasteiger partial charge < -0.3 is 14.4 Å². The topological polar surface area (TPSA) is 38.9 Å². The van der Waals surface area contributed by atoms with Gasteiger partial charge in [0.1, 0.15) is 5.58 Å². The van der Waals surface area contributed by atoms with Crippen LogP contribution in [0, 0.1) is 30.9 Å². The summed E-state index contributed by atoms with van der Waals surface area (Å²) in [6.07, 6.45) is 9.43. The number of aryl methyl sites for hydroxylation is 1. The number of rotatable bonds is 4. The molecule has 0 aliphatic heterocycles. The number of hydrogen-bond acceptors (Lipinski definition) is 3. The molecule has 0 amide bonds. The van der Waals surface area contributed by atoms with E-state index in [4.69, 9.17) is 9.40 Å². The number of aromatic nitrogens is 2. The van der Waals surface area contributed by atoms with Gasteiger partial charge in [0.2, 0.25) is 0 Å². The Bertz CT molecular complexity index is 1910. The number of furan rings is 1. The van der Waals surface area contributed by atoms with Crippen molar-refractivity contribution in [3.8, 4) is 22.5 Å². The van der Waals surface area contributed by atoms with E-state index in [1.807, 2.05) is 42.7 Å². The Labute approximate surface area is 275 Å². The van der Waals surface area contributed by atoms with Gasteiger partial charge >= 0.3 is 0 Å². The molecular formula is C39H38IrN2OSi-2. The van der Waals surface area contributed by atoms with Crippen molar-refractivity contribution in [3.63, 3.8) is 0 Å². The molecule has 225 valence electrons. The summed E-state index contributed by atoms with van der Waals surface area (Å²) in [7, 11) is -1.56. The summed E-state index contributed by atoms with van der Waals surface area (Å²) in [5, 5.41) is 3.89. The number of pyridine rings is 2. The predicted octanol–water partition coefficient (Wildman–Crippen LogP) is 9.75. The first-order valence-corrected chi connectivity index (χ1v) is 19.1. The van der Waals surface area contributed by atoms with Crippen LogP contribution >= 0.6 is 0 Å². The Morgan fingerprint density at radius 2 is 1.64 bits per heavy atom. The number of benzene rings is 3. The van der Waals surface area contributed by atoms with Crippen LogP contribution in [0.3, 0.4) is 0 Å². The van der Waals surface area contributed by atoms with Crippen LogP contribution in [-0.4, -0.2) is 18.0 Å². The molecule has 0 spiro atoms. The molecule has 1 radical (unpaired) electrons. The zero-order chi connectivity index (χ0) is 29.6. The first-order valence-electron chi connectivity index (χ1n) is 15.6. The van der Waals surface area contributed by atoms with Crippen molar-refractivity contribution in [2.75, 3.05) is 0 Å². The predicted molar refractivity (Wildman–Crippen MR) is 180 cm³/mol. The van der Waals surface area contributed by atoms with E-state index in [2.05, 4.69) is 92.2 Å². The van der Waals surface area contributed by atoms with Gasteiger partial charge in [-0.1, -0.05) is 78.5 Å². The fraction of sp³-hybridized carbons (Fsp3) is 0.282. The first kappa shape index (κ1) is 30.6. The SMILES string of the molecule is C[Si](C)(C)c1c[c-]c(-c2cc(C3CC4CCC3C4)ccn2)c2oc3ccccc3c12.Cc1ccnc(-c2[c-]cccc2)c1.[Ir]. The summed E-state index contributed by atoms with van der Waals surface area (Å²) in [5.41, 5.74) is 8.63. The van der Waals surface area contributed by atoms with Crippen molar-refractivity contribution < 1.29 is 24.5 Å². The Morgan fingerprint density at radius 3 is 2.36 bits per heavy atom. The second kappa shape index (κ2) is 12.6. The van der Waals surface area contributed by atoms with Crippen molar-refractivity contribution in [1.29, 1.82) is 0 Å². The van der Waals surface area contributed by atoms with Gasteiger partial charge in [-0.3, -0.25) is 0 Å². The third-order valence-corrected chi connectivity index (χ3v) is 11.4. The van der Waals surface area contributed by atoms with Gasteiger partial charge in [-0.25, -0.2) is 0 Å². The maximum absolute atomic E-state index is 6.44. The van der Waals surface area contributed by atoms with Gasteiger partial charge in [-0.2, -0.15) is 0 Å². The van der Waals surface area contributed by atoms with E-state index in [1.54, 1.807) is 0 Å². The molecule has 0 saturated heterocycles. The van der Waals surface area contributed by atoms with Crippen LogP contribution < -0.4 is 5.19 Å². The number of nitrogens with zero attached hydrogens (tertiary/aromatic N) is 2. The molecule has 2 saturated carbocycles. The molecule has 2 aliphatic carbocycles. The molecule has 5 heteroatoms. The van der Waals surface area contributed by atoms with Gasteiger partial charge in [-0.05, 0) is 73.5 Å². The largest absolute Gasteiger partial charge is 0.501 e. The van der Waals surface area contributed by atoms with Crippen LogP contribution in [0.5, 0.6) is 0 Å². The normalized spacial score (nSPS) is 19.0. The van der Waals surface area contributed by atoms with E-state index in [-0.39, 0.29) is 20.1 Å². The van der Waals surface area contributed by atoms with Crippen LogP contribution in [-0.2, 0) is 20.1 Å². The zero-order valence-corrected chi connectivity index (χ0v) is 29.3. The van der Waals surface area contributed by atoms with Crippen LogP contribution in [0.25, 0.3) is 44.5 Å². The Hall–Kier alpha value is -3.37. The average molecular weight is 771 g/mol. The molecule has 2 aliphatic rings. The molecule has 8 rings (SSSR count). The summed E-state index contributed by atoms with van der Waals surface area (Å²) in [6, 6.07) is 33.9. The molecule has 3 heterocycles. The fourth-order valence-electron chi connectivity index (χ4n) is 7.26. The molecule has 2 fully saturated rings. The van der Waals surface area contributed by atoms with Crippen molar-refractivity contribution in [2.24, 2.45) is 11.8 Å². The van der Waals surface area contributed by atoms with E-state index in [0.717, 1.165) is 45.5 Å². The van der Waals surface area contributed by atoms with E-state index < -0.39 is 8.07 Å². The fourth-order valence-corrected chi connectivity index (χ4v) is 8.76. The third-order valence-electron chi connectivity index (χ3n) is 9.37. The smallest absolute Gasteiger partial charge is 0.120 e. The van der Waals surface area contributed by atoms with Gasteiger partial charge in [0.15, 0.2) is 0 Å². The van der Waals surface area contributed by atoms with Crippen molar-refractivity contribution in [3.05, 3.63) is 115 Å². The molecule has 3 atom stereocenters. The standard InChI is InChI=1S/C27H28NOSi.C12H10N.Ir/c1-30(2,3)25-11-10-20(27-26(25)21-6-4-5-7-24(21)29-27)23-16-19(12-13-28-23)22-15-17-8-9-18(22)14-17;1-10-7-8-13-12(9-10)11-5-3-2-4-6-11;/h4-7,11-13,16-18,22H,8-9,14-15H2,1-3H3;2-5,7-9H,1H3;/q2*-1;. The second-order valence-corrected chi connectivity index (χ2v) is 18.4. The van der Waals surface area contributed by atoms with Crippen molar-refractivity contribution >= 4 is 35.2 Å². The van der Waals surface area contributed by atoms with Crippen molar-refractivity contribution in [1.82, 2.24) is 9.97 Å². The molecule has 0 N–H and O–H groups in total. The molecule has 6 aromatic rings. The monoisotopic (exact) mass is 771 g/mol. The maximum atomic E-state index is 6.44. The van der Waals surface area contributed by atoms with E-state index in [9.17, 15) is 0 Å². The van der Waals surface area contributed by atoms with E-state index in [0.29, 0.717) is 5.92 Å². The Kier molecular flexibility index (Phi) is 8.74. The van der Waals surface area contributed by atoms with Gasteiger partial charge in [0.05, 0.1) is 5.58 Å². The summed E-state index contributed by atoms with van der Waals surface area (Å²) in [5.74, 6) is 2.52. The first-order chi connectivity index (χ1) is 20.8. The minimum atomic E-state index is -1.56. The summed E-state index contributed by atoms with van der Waals surface area (Å²) in [6.45, 7) is 9.25. The van der Waals surface area contributed by atoms with Gasteiger partial charge in [0, 0.05) is 46.0 Å². The van der Waals surface area contributed by atoms with Crippen LogP contribution in [0.4, 0.5) is 0 Å². The van der Waals surface area contributed by atoms with Crippen LogP contribution in [0.15, 0.2) is 95.7 Å². The molecule has 3 nitrogen and oxygen atoms in total. The Balaban J connectivity index is 0.000000207. The van der Waals surface area contributed by atoms with Gasteiger partial charge in [0.25, 0.3) is 0 Å². The van der Waals surface area contributed by atoms with Crippen LogP contribution in [0.1, 0.15) is 42.7 Å². The average Bonchev–Trinajstić information content (AvgIpc) is 3.76. The minimum Gasteiger partial charge on any atom is -0.501 e. The number of hydrogen-bond donors (Lipinski definition) is 0. The molecule has 44 heavy (non-hydrogen) atoms. The third kappa shape index (κ3) is 5.98. The zero-order valence-electron chi connectivity index (χ0n) is 25.9. The molecule has 3 aromatic carbocycles. The number of para-hydroxylation sites is 1. The van der Waals surface area contributed by atoms with E-state index >= 15 is 0 Å². The second-order valence-electron chi connectivity index (χ2n) is 13.4. The maximum Gasteiger partial charge on any atom is 0.120 e. The van der Waals surface area contributed by atoms with Crippen LogP contribution in [0.2, 0.25) is 19.6 Å². The summed E-state index contributed by atoms with van der Waals surface area (Å²) in [4.78, 5) is 9.05. The summed E-state index contributed by atoms with van der Waals surface area (Å²) < 4.78 is 6.44. The molecule has 2 bridgehead atoms. The minimum absolute atomic E-state index is 0. The molecular weight excluding hydrogens is 733 g/mol.